The van der Waals surface area contributed by atoms with Gasteiger partial charge in [0, 0.05) is 30.7 Å². The van der Waals surface area contributed by atoms with Gasteiger partial charge >= 0.3 is 0 Å². The van der Waals surface area contributed by atoms with E-state index >= 15 is 0 Å². The zero-order valence-corrected chi connectivity index (χ0v) is 17.1. The van der Waals surface area contributed by atoms with E-state index in [0.29, 0.717) is 23.9 Å². The van der Waals surface area contributed by atoms with Crippen LogP contribution in [0.1, 0.15) is 53.0 Å². The number of hydrogen-bond donors (Lipinski definition) is 0. The van der Waals surface area contributed by atoms with Gasteiger partial charge in [0.15, 0.2) is 0 Å². The maximum atomic E-state index is 13.8. The lowest BCUT2D eigenvalue weighted by molar-refractivity contribution is -0.00345. The molecule has 1 aromatic heterocycles. The van der Waals surface area contributed by atoms with Crippen LogP contribution in [0.2, 0.25) is 0 Å². The zero-order chi connectivity index (χ0) is 19.4. The van der Waals surface area contributed by atoms with Crippen LogP contribution in [0, 0.1) is 19.8 Å². The van der Waals surface area contributed by atoms with Gasteiger partial charge in [-0.2, -0.15) is 5.10 Å². The van der Waals surface area contributed by atoms with Crippen molar-refractivity contribution < 1.29 is 4.79 Å². The zero-order valence-electron chi connectivity index (χ0n) is 17.1. The highest BCUT2D eigenvalue weighted by molar-refractivity contribution is 5.97. The lowest BCUT2D eigenvalue weighted by Crippen LogP contribution is -2.60. The third kappa shape index (κ3) is 2.55. The number of hydrogen-bond acceptors (Lipinski definition) is 3. The first-order chi connectivity index (χ1) is 13.6. The largest absolute Gasteiger partial charge is 0.333 e. The second kappa shape index (κ2) is 6.73. The van der Waals surface area contributed by atoms with E-state index in [1.807, 2.05) is 18.5 Å². The van der Waals surface area contributed by atoms with E-state index in [-0.39, 0.29) is 5.91 Å². The highest BCUT2D eigenvalue weighted by Crippen LogP contribution is 2.47. The van der Waals surface area contributed by atoms with Crippen LogP contribution in [0.15, 0.2) is 30.3 Å². The van der Waals surface area contributed by atoms with Gasteiger partial charge in [0.25, 0.3) is 5.91 Å². The van der Waals surface area contributed by atoms with E-state index in [1.54, 1.807) is 0 Å². The molecular weight excluding hydrogens is 348 g/mol. The Bertz CT molecular complexity index is 882. The molecule has 6 rings (SSSR count). The fraction of sp³-hybridized carbons (Fsp3) is 0.565. The van der Waals surface area contributed by atoms with Crippen molar-refractivity contribution in [2.24, 2.45) is 5.92 Å². The Balaban J connectivity index is 1.54. The highest BCUT2D eigenvalue weighted by Gasteiger charge is 2.55. The summed E-state index contributed by atoms with van der Waals surface area (Å²) in [5.74, 6) is 1.23. The summed E-state index contributed by atoms with van der Waals surface area (Å²) in [5, 5.41) is 4.61. The van der Waals surface area contributed by atoms with E-state index in [0.717, 1.165) is 30.0 Å². The van der Waals surface area contributed by atoms with Gasteiger partial charge in [0.1, 0.15) is 0 Å². The molecule has 2 bridgehead atoms. The van der Waals surface area contributed by atoms with Crippen molar-refractivity contribution in [1.29, 1.82) is 0 Å². The summed E-state index contributed by atoms with van der Waals surface area (Å²) in [7, 11) is 0. The molecule has 28 heavy (non-hydrogen) atoms. The summed E-state index contributed by atoms with van der Waals surface area (Å²) in [6, 6.07) is 11.6. The predicted octanol–water partition coefficient (Wildman–Crippen LogP) is 3.22. The van der Waals surface area contributed by atoms with Crippen molar-refractivity contribution in [3.8, 4) is 0 Å². The lowest BCUT2D eigenvalue weighted by atomic mass is 9.75. The standard InChI is InChI=1S/C23H30N4O/c1-4-27-16(3)20(15(2)24-27)23(28)26-14-19(17-8-6-5-7-9-17)22-21(26)18-10-12-25(22)13-11-18/h5-9,18-19,21-22H,4,10-14H2,1-3H3/t19-,21+,22+/m1/s1. The number of rotatable bonds is 3. The van der Waals surface area contributed by atoms with Gasteiger partial charge in [-0.25, -0.2) is 0 Å². The lowest BCUT2D eigenvalue weighted by Gasteiger charge is -2.51. The molecule has 0 saturated carbocycles. The first-order valence-electron chi connectivity index (χ1n) is 10.7. The van der Waals surface area contributed by atoms with E-state index in [4.69, 9.17) is 0 Å². The number of amides is 1. The van der Waals surface area contributed by atoms with Gasteiger partial charge in [-0.1, -0.05) is 30.3 Å². The molecule has 1 aromatic carbocycles. The van der Waals surface area contributed by atoms with E-state index in [1.165, 1.54) is 31.5 Å². The summed E-state index contributed by atoms with van der Waals surface area (Å²) in [5.41, 5.74) is 4.07. The molecule has 4 saturated heterocycles. The molecule has 148 valence electrons. The first kappa shape index (κ1) is 17.9. The number of aryl methyl sites for hydroxylation is 2. The first-order valence-corrected chi connectivity index (χ1v) is 10.7. The molecule has 4 aliphatic rings. The van der Waals surface area contributed by atoms with Crippen LogP contribution in [0.3, 0.4) is 0 Å². The number of nitrogens with zero attached hydrogens (tertiary/aromatic N) is 4. The summed E-state index contributed by atoms with van der Waals surface area (Å²) >= 11 is 0. The Morgan fingerprint density at radius 3 is 2.46 bits per heavy atom. The monoisotopic (exact) mass is 378 g/mol. The third-order valence-corrected chi connectivity index (χ3v) is 7.38. The Labute approximate surface area is 167 Å². The van der Waals surface area contributed by atoms with Crippen molar-refractivity contribution in [2.75, 3.05) is 19.6 Å². The topological polar surface area (TPSA) is 41.4 Å². The van der Waals surface area contributed by atoms with E-state index < -0.39 is 0 Å². The van der Waals surface area contributed by atoms with Gasteiger partial charge in [-0.15, -0.1) is 0 Å². The van der Waals surface area contributed by atoms with Gasteiger partial charge in [-0.05, 0) is 58.2 Å². The molecule has 2 aromatic rings. The minimum Gasteiger partial charge on any atom is -0.333 e. The number of carbonyl (C=O) groups is 1. The fourth-order valence-electron chi connectivity index (χ4n) is 6.11. The van der Waals surface area contributed by atoms with Crippen LogP contribution in [-0.2, 0) is 6.54 Å². The van der Waals surface area contributed by atoms with E-state index in [9.17, 15) is 4.79 Å². The third-order valence-electron chi connectivity index (χ3n) is 7.38. The molecule has 0 spiro atoms. The van der Waals surface area contributed by atoms with Crippen LogP contribution in [0.25, 0.3) is 0 Å². The van der Waals surface area contributed by atoms with Crippen molar-refractivity contribution in [1.82, 2.24) is 19.6 Å². The average Bonchev–Trinajstić information content (AvgIpc) is 3.28. The smallest absolute Gasteiger partial charge is 0.257 e. The number of likely N-dealkylation sites (tertiary alicyclic amines) is 1. The molecule has 0 radical (unpaired) electrons. The second-order valence-corrected chi connectivity index (χ2v) is 8.69. The van der Waals surface area contributed by atoms with Crippen molar-refractivity contribution in [2.45, 2.75) is 58.2 Å². The van der Waals surface area contributed by atoms with Crippen molar-refractivity contribution >= 4 is 5.91 Å². The predicted molar refractivity (Wildman–Crippen MR) is 109 cm³/mol. The molecule has 4 fully saturated rings. The molecule has 5 nitrogen and oxygen atoms in total. The van der Waals surface area contributed by atoms with Crippen LogP contribution in [0.4, 0.5) is 0 Å². The van der Waals surface area contributed by atoms with Gasteiger partial charge in [0.05, 0.1) is 17.3 Å². The minimum atomic E-state index is 0.192. The van der Waals surface area contributed by atoms with Gasteiger partial charge in [-0.3, -0.25) is 14.4 Å². The molecule has 4 aliphatic heterocycles. The summed E-state index contributed by atoms with van der Waals surface area (Å²) in [4.78, 5) is 18.7. The van der Waals surface area contributed by atoms with Crippen LogP contribution >= 0.6 is 0 Å². The van der Waals surface area contributed by atoms with Crippen LogP contribution < -0.4 is 0 Å². The molecular formula is C23H30N4O. The maximum absolute atomic E-state index is 13.8. The molecule has 1 amide bonds. The fourth-order valence-corrected chi connectivity index (χ4v) is 6.11. The molecule has 5 heterocycles. The SMILES string of the molecule is CCn1nc(C)c(C(=O)N2C[C@H](c3ccccc3)[C@H]3[C@@H]2C2CCN3CC2)c1C. The number of aromatic nitrogens is 2. The molecule has 3 atom stereocenters. The number of fused-ring (bicyclic) bond motifs is 2. The van der Waals surface area contributed by atoms with Crippen LogP contribution in [0.5, 0.6) is 0 Å². The maximum Gasteiger partial charge on any atom is 0.257 e. The normalized spacial score (nSPS) is 31.2. The van der Waals surface area contributed by atoms with Gasteiger partial charge in [0.2, 0.25) is 0 Å². The minimum absolute atomic E-state index is 0.192. The Kier molecular flexibility index (Phi) is 4.31. The summed E-state index contributed by atoms with van der Waals surface area (Å²) < 4.78 is 1.96. The number of piperidine rings is 3. The number of benzene rings is 1. The van der Waals surface area contributed by atoms with E-state index in [2.05, 4.69) is 52.2 Å². The molecule has 0 aliphatic carbocycles. The second-order valence-electron chi connectivity index (χ2n) is 8.69. The van der Waals surface area contributed by atoms with Crippen molar-refractivity contribution in [3.63, 3.8) is 0 Å². The highest BCUT2D eigenvalue weighted by atomic mass is 16.2. The summed E-state index contributed by atoms with van der Waals surface area (Å²) in [6.45, 7) is 10.1. The van der Waals surface area contributed by atoms with Crippen LogP contribution in [-0.4, -0.2) is 57.2 Å². The quantitative estimate of drug-likeness (QED) is 0.823. The Morgan fingerprint density at radius 2 is 1.82 bits per heavy atom. The molecule has 0 unspecified atom stereocenters. The van der Waals surface area contributed by atoms with Crippen molar-refractivity contribution in [3.05, 3.63) is 52.8 Å². The van der Waals surface area contributed by atoms with Gasteiger partial charge < -0.3 is 4.90 Å². The molecule has 0 N–H and O–H groups in total. The Morgan fingerprint density at radius 1 is 1.11 bits per heavy atom. The Hall–Kier alpha value is -2.14. The molecule has 5 heteroatoms. The summed E-state index contributed by atoms with van der Waals surface area (Å²) in [6.07, 6.45) is 2.44. The number of carbonyl (C=O) groups excluding carboxylic acids is 1. The average molecular weight is 379 g/mol.